The maximum absolute atomic E-state index is 13.4. The molecule has 7 nitrogen and oxygen atoms in total. The van der Waals surface area contributed by atoms with Gasteiger partial charge < -0.3 is 0 Å². The Kier molecular flexibility index (Phi) is 5.53. The second-order valence-corrected chi connectivity index (χ2v) is 9.94. The van der Waals surface area contributed by atoms with Crippen LogP contribution in [0, 0.1) is 5.92 Å². The molecule has 1 aliphatic carbocycles. The molecule has 2 aliphatic rings. The van der Waals surface area contributed by atoms with Gasteiger partial charge in [0.1, 0.15) is 12.7 Å². The van der Waals surface area contributed by atoms with Gasteiger partial charge in [-0.15, -0.1) is 0 Å². The molecule has 0 bridgehead atoms. The van der Waals surface area contributed by atoms with Crippen LogP contribution in [0.15, 0.2) is 36.9 Å². The van der Waals surface area contributed by atoms with Gasteiger partial charge in [0.05, 0.1) is 5.69 Å². The number of hydrogen-bond acceptors (Lipinski definition) is 4. The Morgan fingerprint density at radius 3 is 2.54 bits per heavy atom. The highest BCUT2D eigenvalue weighted by molar-refractivity contribution is 7.86. The lowest BCUT2D eigenvalue weighted by molar-refractivity contribution is 0.121. The van der Waals surface area contributed by atoms with E-state index in [1.807, 2.05) is 31.2 Å². The molecule has 1 saturated carbocycles. The van der Waals surface area contributed by atoms with Gasteiger partial charge >= 0.3 is 0 Å². The molecule has 28 heavy (non-hydrogen) atoms. The summed E-state index contributed by atoms with van der Waals surface area (Å²) in [5.41, 5.74) is 1.87. The van der Waals surface area contributed by atoms with Crippen LogP contribution in [0.3, 0.4) is 0 Å². The van der Waals surface area contributed by atoms with Crippen molar-refractivity contribution >= 4 is 10.2 Å². The summed E-state index contributed by atoms with van der Waals surface area (Å²) in [6.07, 6.45) is 9.81. The minimum absolute atomic E-state index is 0.178. The number of nitrogens with zero attached hydrogens (tertiary/aromatic N) is 5. The van der Waals surface area contributed by atoms with Crippen molar-refractivity contribution in [2.45, 2.75) is 57.5 Å². The number of benzene rings is 1. The van der Waals surface area contributed by atoms with Crippen molar-refractivity contribution in [2.75, 3.05) is 13.6 Å². The Bertz CT molecular complexity index is 880. The third kappa shape index (κ3) is 3.60. The lowest BCUT2D eigenvalue weighted by atomic mass is 9.79. The molecule has 8 heteroatoms. The van der Waals surface area contributed by atoms with E-state index in [2.05, 4.69) is 10.1 Å². The Morgan fingerprint density at radius 2 is 1.82 bits per heavy atom. The Morgan fingerprint density at radius 1 is 1.11 bits per heavy atom. The maximum Gasteiger partial charge on any atom is 0.282 e. The van der Waals surface area contributed by atoms with Crippen LogP contribution in [0.1, 0.15) is 57.1 Å². The molecule has 1 saturated heterocycles. The van der Waals surface area contributed by atoms with Gasteiger partial charge in [0.2, 0.25) is 0 Å². The summed E-state index contributed by atoms with van der Waals surface area (Å²) in [6, 6.07) is 7.76. The summed E-state index contributed by atoms with van der Waals surface area (Å²) >= 11 is 0. The second-order valence-electron chi connectivity index (χ2n) is 8.00. The van der Waals surface area contributed by atoms with Crippen LogP contribution in [-0.4, -0.2) is 51.4 Å². The predicted molar refractivity (Wildman–Crippen MR) is 108 cm³/mol. The van der Waals surface area contributed by atoms with E-state index in [4.69, 9.17) is 0 Å². The predicted octanol–water partition coefficient (Wildman–Crippen LogP) is 3.16. The van der Waals surface area contributed by atoms with E-state index < -0.39 is 10.2 Å². The maximum atomic E-state index is 13.4. The first-order valence-corrected chi connectivity index (χ1v) is 11.6. The molecule has 0 spiro atoms. The van der Waals surface area contributed by atoms with Crippen molar-refractivity contribution in [3.63, 3.8) is 0 Å². The first kappa shape index (κ1) is 19.5. The molecule has 1 aromatic carbocycles. The van der Waals surface area contributed by atoms with Crippen molar-refractivity contribution in [3.8, 4) is 5.69 Å². The fourth-order valence-corrected chi connectivity index (χ4v) is 6.52. The lowest BCUT2D eigenvalue weighted by Gasteiger charge is -2.44. The summed E-state index contributed by atoms with van der Waals surface area (Å²) in [7, 11) is -1.79. The van der Waals surface area contributed by atoms with Crippen LogP contribution in [-0.2, 0) is 10.2 Å². The van der Waals surface area contributed by atoms with Gasteiger partial charge in [-0.05, 0) is 56.2 Å². The van der Waals surface area contributed by atoms with Crippen LogP contribution in [0.25, 0.3) is 5.69 Å². The van der Waals surface area contributed by atoms with E-state index in [0.717, 1.165) is 30.5 Å². The molecule has 0 N–H and O–H groups in total. The van der Waals surface area contributed by atoms with Gasteiger partial charge in [0.25, 0.3) is 10.2 Å². The lowest BCUT2D eigenvalue weighted by Crippen LogP contribution is -2.53. The standard InChI is InChI=1S/C20H29N5O2S/c1-16(17-9-11-19(12-10-17)24-15-21-14-22-24)23(2)28(26,27)25-13-5-7-18-6-3-4-8-20(18)25/h9-12,14-16,18,20H,3-8,13H2,1-2H3/t16-,18-,20-/m1/s1. The molecule has 3 atom stereocenters. The molecule has 2 heterocycles. The third-order valence-corrected chi connectivity index (χ3v) is 8.55. The Hall–Kier alpha value is -1.77. The van der Waals surface area contributed by atoms with E-state index in [9.17, 15) is 8.42 Å². The van der Waals surface area contributed by atoms with Gasteiger partial charge in [-0.3, -0.25) is 0 Å². The van der Waals surface area contributed by atoms with Crippen LogP contribution in [0.2, 0.25) is 0 Å². The highest BCUT2D eigenvalue weighted by atomic mass is 32.2. The number of hydrogen-bond donors (Lipinski definition) is 0. The van der Waals surface area contributed by atoms with Gasteiger partial charge in [-0.2, -0.15) is 22.1 Å². The van der Waals surface area contributed by atoms with Gasteiger partial charge in [-0.1, -0.05) is 25.0 Å². The Balaban J connectivity index is 1.53. The number of rotatable bonds is 5. The average Bonchev–Trinajstić information content (AvgIpc) is 3.27. The van der Waals surface area contributed by atoms with E-state index >= 15 is 0 Å². The van der Waals surface area contributed by atoms with E-state index in [0.29, 0.717) is 12.5 Å². The van der Waals surface area contributed by atoms with Crippen molar-refractivity contribution in [3.05, 3.63) is 42.5 Å². The molecular formula is C20H29N5O2S. The molecule has 0 amide bonds. The van der Waals surface area contributed by atoms with Crippen LogP contribution < -0.4 is 0 Å². The van der Waals surface area contributed by atoms with Gasteiger partial charge in [0.15, 0.2) is 0 Å². The molecule has 152 valence electrons. The topological polar surface area (TPSA) is 71.3 Å². The highest BCUT2D eigenvalue weighted by Gasteiger charge is 2.41. The zero-order chi connectivity index (χ0) is 19.7. The van der Waals surface area contributed by atoms with Crippen LogP contribution in [0.5, 0.6) is 0 Å². The second kappa shape index (κ2) is 7.93. The fraction of sp³-hybridized carbons (Fsp3) is 0.600. The molecule has 0 unspecified atom stereocenters. The van der Waals surface area contributed by atoms with Crippen molar-refractivity contribution in [1.82, 2.24) is 23.4 Å². The average molecular weight is 404 g/mol. The van der Waals surface area contributed by atoms with Crippen LogP contribution >= 0.6 is 0 Å². The molecule has 2 aromatic rings. The van der Waals surface area contributed by atoms with Gasteiger partial charge in [-0.25, -0.2) is 9.67 Å². The highest BCUT2D eigenvalue weighted by Crippen LogP contribution is 2.38. The van der Waals surface area contributed by atoms with Gasteiger partial charge in [0, 0.05) is 25.7 Å². The number of piperidine rings is 1. The molecule has 1 aromatic heterocycles. The Labute approximate surface area is 167 Å². The van der Waals surface area contributed by atoms with Crippen molar-refractivity contribution in [2.24, 2.45) is 5.92 Å². The molecule has 2 fully saturated rings. The molecule has 1 aliphatic heterocycles. The van der Waals surface area contributed by atoms with E-state index in [1.54, 1.807) is 22.4 Å². The quantitative estimate of drug-likeness (QED) is 0.769. The van der Waals surface area contributed by atoms with Crippen molar-refractivity contribution < 1.29 is 8.42 Å². The fourth-order valence-electron chi connectivity index (χ4n) is 4.69. The summed E-state index contributed by atoms with van der Waals surface area (Å²) in [5, 5.41) is 4.13. The van der Waals surface area contributed by atoms with E-state index in [1.165, 1.54) is 29.9 Å². The largest absolute Gasteiger partial charge is 0.282 e. The van der Waals surface area contributed by atoms with Crippen LogP contribution in [0.4, 0.5) is 0 Å². The summed E-state index contributed by atoms with van der Waals surface area (Å²) in [6.45, 7) is 2.59. The summed E-state index contributed by atoms with van der Waals surface area (Å²) in [5.74, 6) is 0.531. The smallest absolute Gasteiger partial charge is 0.223 e. The zero-order valence-corrected chi connectivity index (χ0v) is 17.4. The monoisotopic (exact) mass is 403 g/mol. The van der Waals surface area contributed by atoms with E-state index in [-0.39, 0.29) is 12.1 Å². The first-order valence-electron chi connectivity index (χ1n) is 10.2. The zero-order valence-electron chi connectivity index (χ0n) is 16.6. The molecular weight excluding hydrogens is 374 g/mol. The third-order valence-electron chi connectivity index (χ3n) is 6.46. The summed E-state index contributed by atoms with van der Waals surface area (Å²) in [4.78, 5) is 3.96. The minimum atomic E-state index is -3.49. The molecule has 4 rings (SSSR count). The number of fused-ring (bicyclic) bond motifs is 1. The molecule has 0 radical (unpaired) electrons. The normalized spacial score (nSPS) is 24.8. The summed E-state index contributed by atoms with van der Waals surface area (Å²) < 4.78 is 31.9. The SMILES string of the molecule is C[C@H](c1ccc(-n2cncn2)cc1)N(C)S(=O)(=O)N1CCC[C@H]2CCCC[C@H]21. The van der Waals surface area contributed by atoms with Crippen molar-refractivity contribution in [1.29, 1.82) is 0 Å². The number of aromatic nitrogens is 3. The first-order chi connectivity index (χ1) is 13.5. The minimum Gasteiger partial charge on any atom is -0.223 e.